The molecule has 0 aliphatic rings. The van der Waals surface area contributed by atoms with Crippen molar-refractivity contribution in [2.24, 2.45) is 0 Å². The Balaban J connectivity index is 2.96. The molecule has 0 bridgehead atoms. The Labute approximate surface area is 92.7 Å². The Morgan fingerprint density at radius 1 is 1.47 bits per heavy atom. The molecule has 2 aromatic rings. The van der Waals surface area contributed by atoms with Crippen LogP contribution in [0.15, 0.2) is 23.3 Å². The molecule has 0 aliphatic heterocycles. The fourth-order valence-corrected chi connectivity index (χ4v) is 1.43. The zero-order valence-electron chi connectivity index (χ0n) is 8.21. The van der Waals surface area contributed by atoms with Gasteiger partial charge in [0.05, 0.1) is 27.7 Å². The first kappa shape index (κ1) is 10.7. The Hall–Kier alpha value is -2.77. The summed E-state index contributed by atoms with van der Waals surface area (Å²) in [5, 5.41) is 19.4. The number of carbonyl (C=O) groups is 1. The first-order valence-electron chi connectivity index (χ1n) is 4.40. The average Bonchev–Trinajstić information content (AvgIpc) is 2.28. The van der Waals surface area contributed by atoms with Crippen molar-refractivity contribution in [3.8, 4) is 0 Å². The molecule has 86 valence electrons. The number of hydrogen-bond acceptors (Lipinski definition) is 5. The van der Waals surface area contributed by atoms with Gasteiger partial charge in [0.15, 0.2) is 0 Å². The van der Waals surface area contributed by atoms with Crippen molar-refractivity contribution in [3.05, 3.63) is 44.5 Å². The van der Waals surface area contributed by atoms with E-state index in [1.165, 1.54) is 0 Å². The zero-order chi connectivity index (χ0) is 12.6. The minimum atomic E-state index is -1.38. The van der Waals surface area contributed by atoms with E-state index in [-0.39, 0.29) is 16.5 Å². The van der Waals surface area contributed by atoms with E-state index in [4.69, 9.17) is 5.11 Å². The molecular formula is C9H5N3O5. The van der Waals surface area contributed by atoms with Crippen LogP contribution in [-0.4, -0.2) is 26.0 Å². The molecule has 0 atom stereocenters. The van der Waals surface area contributed by atoms with E-state index in [0.29, 0.717) is 0 Å². The lowest BCUT2D eigenvalue weighted by atomic mass is 10.1. The summed E-state index contributed by atoms with van der Waals surface area (Å²) in [4.78, 5) is 38.1. The smallest absolute Gasteiger partial charge is 0.338 e. The number of aromatic nitrogens is 2. The van der Waals surface area contributed by atoms with Crippen molar-refractivity contribution in [2.75, 3.05) is 0 Å². The highest BCUT2D eigenvalue weighted by Gasteiger charge is 2.18. The van der Waals surface area contributed by atoms with Crippen LogP contribution in [0.4, 0.5) is 5.69 Å². The van der Waals surface area contributed by atoms with Crippen molar-refractivity contribution < 1.29 is 14.8 Å². The van der Waals surface area contributed by atoms with E-state index in [2.05, 4.69) is 9.97 Å². The molecule has 8 nitrogen and oxygen atoms in total. The molecule has 0 saturated carbocycles. The Morgan fingerprint density at radius 2 is 2.18 bits per heavy atom. The molecule has 2 N–H and O–H groups in total. The third-order valence-corrected chi connectivity index (χ3v) is 2.17. The van der Waals surface area contributed by atoms with Crippen molar-refractivity contribution in [1.82, 2.24) is 9.97 Å². The SMILES string of the molecule is O=C(O)c1cc([N+](=O)[O-])cc2c(=O)[nH]cnc12. The van der Waals surface area contributed by atoms with Crippen molar-refractivity contribution in [2.45, 2.75) is 0 Å². The highest BCUT2D eigenvalue weighted by atomic mass is 16.6. The number of hydrogen-bond donors (Lipinski definition) is 2. The predicted octanol–water partition coefficient (Wildman–Crippen LogP) is 0.529. The van der Waals surface area contributed by atoms with Gasteiger partial charge in [0.2, 0.25) is 0 Å². The first-order chi connectivity index (χ1) is 8.00. The third kappa shape index (κ3) is 1.71. The van der Waals surface area contributed by atoms with Gasteiger partial charge in [-0.3, -0.25) is 14.9 Å². The van der Waals surface area contributed by atoms with Gasteiger partial charge in [0, 0.05) is 12.1 Å². The quantitative estimate of drug-likeness (QED) is 0.577. The van der Waals surface area contributed by atoms with Gasteiger partial charge in [0.25, 0.3) is 11.2 Å². The molecule has 0 spiro atoms. The number of rotatable bonds is 2. The third-order valence-electron chi connectivity index (χ3n) is 2.17. The number of non-ortho nitro benzene ring substituents is 1. The van der Waals surface area contributed by atoms with Crippen molar-refractivity contribution in [1.29, 1.82) is 0 Å². The second kappa shape index (κ2) is 3.67. The lowest BCUT2D eigenvalue weighted by Crippen LogP contribution is -2.10. The maximum atomic E-state index is 11.4. The number of carboxylic acid groups (broad SMARTS) is 1. The second-order valence-corrected chi connectivity index (χ2v) is 3.18. The van der Waals surface area contributed by atoms with Crippen molar-refractivity contribution in [3.63, 3.8) is 0 Å². The normalized spacial score (nSPS) is 10.4. The predicted molar refractivity (Wildman–Crippen MR) is 56.0 cm³/mol. The van der Waals surface area contributed by atoms with Crippen LogP contribution in [0.1, 0.15) is 10.4 Å². The minimum Gasteiger partial charge on any atom is -0.478 e. The lowest BCUT2D eigenvalue weighted by molar-refractivity contribution is -0.384. The molecule has 0 fully saturated rings. The molecule has 0 aliphatic carbocycles. The van der Waals surface area contributed by atoms with Crippen LogP contribution in [0, 0.1) is 10.1 Å². The fourth-order valence-electron chi connectivity index (χ4n) is 1.43. The Morgan fingerprint density at radius 3 is 2.76 bits per heavy atom. The number of carboxylic acids is 1. The number of fused-ring (bicyclic) bond motifs is 1. The summed E-state index contributed by atoms with van der Waals surface area (Å²) in [5.74, 6) is -1.38. The van der Waals surface area contributed by atoms with E-state index >= 15 is 0 Å². The van der Waals surface area contributed by atoms with Crippen LogP contribution in [0.3, 0.4) is 0 Å². The van der Waals surface area contributed by atoms with Gasteiger partial charge in [0.1, 0.15) is 0 Å². The summed E-state index contributed by atoms with van der Waals surface area (Å²) in [7, 11) is 0. The summed E-state index contributed by atoms with van der Waals surface area (Å²) in [6, 6.07) is 1.87. The molecule has 1 aromatic carbocycles. The van der Waals surface area contributed by atoms with E-state index in [1.54, 1.807) is 0 Å². The molecule has 0 amide bonds. The fraction of sp³-hybridized carbons (Fsp3) is 0. The van der Waals surface area contributed by atoms with Gasteiger partial charge in [-0.1, -0.05) is 0 Å². The summed E-state index contributed by atoms with van der Waals surface area (Å²) >= 11 is 0. The van der Waals surface area contributed by atoms with Gasteiger partial charge >= 0.3 is 5.97 Å². The molecule has 1 heterocycles. The molecule has 1 aromatic heterocycles. The maximum absolute atomic E-state index is 11.4. The molecule has 0 saturated heterocycles. The largest absolute Gasteiger partial charge is 0.478 e. The van der Waals surface area contributed by atoms with E-state index in [1.807, 2.05) is 0 Å². The number of aromatic amines is 1. The Kier molecular flexibility index (Phi) is 2.32. The topological polar surface area (TPSA) is 126 Å². The monoisotopic (exact) mass is 235 g/mol. The molecule has 2 rings (SSSR count). The van der Waals surface area contributed by atoms with Gasteiger partial charge in [-0.15, -0.1) is 0 Å². The summed E-state index contributed by atoms with van der Waals surface area (Å²) < 4.78 is 0. The molecule has 0 unspecified atom stereocenters. The number of benzene rings is 1. The van der Waals surface area contributed by atoms with Gasteiger partial charge in [-0.25, -0.2) is 9.78 Å². The lowest BCUT2D eigenvalue weighted by Gasteiger charge is -2.00. The number of nitro groups is 1. The highest BCUT2D eigenvalue weighted by Crippen LogP contribution is 2.21. The van der Waals surface area contributed by atoms with Crippen LogP contribution in [0.2, 0.25) is 0 Å². The maximum Gasteiger partial charge on any atom is 0.338 e. The standard InChI is InChI=1S/C9H5N3O5/c13-8-5-1-4(12(16)17)2-6(9(14)15)7(5)10-3-11-8/h1-3H,(H,14,15)(H,10,11,13). The number of nitrogens with one attached hydrogen (secondary N) is 1. The minimum absolute atomic E-state index is 0.0770. The van der Waals surface area contributed by atoms with Crippen LogP contribution in [0.25, 0.3) is 10.9 Å². The van der Waals surface area contributed by atoms with E-state index < -0.39 is 22.1 Å². The number of aromatic carboxylic acids is 1. The molecule has 8 heteroatoms. The van der Waals surface area contributed by atoms with Crippen LogP contribution in [-0.2, 0) is 0 Å². The molecule has 0 radical (unpaired) electrons. The molecular weight excluding hydrogens is 230 g/mol. The van der Waals surface area contributed by atoms with Gasteiger partial charge in [-0.2, -0.15) is 0 Å². The van der Waals surface area contributed by atoms with E-state index in [0.717, 1.165) is 18.5 Å². The summed E-state index contributed by atoms with van der Waals surface area (Å²) in [5.41, 5.74) is -1.54. The zero-order valence-corrected chi connectivity index (χ0v) is 8.21. The number of nitrogens with zero attached hydrogens (tertiary/aromatic N) is 2. The average molecular weight is 235 g/mol. The van der Waals surface area contributed by atoms with E-state index in [9.17, 15) is 19.7 Å². The second-order valence-electron chi connectivity index (χ2n) is 3.18. The van der Waals surface area contributed by atoms with Crippen LogP contribution in [0.5, 0.6) is 0 Å². The number of nitro benzene ring substituents is 1. The van der Waals surface area contributed by atoms with Crippen molar-refractivity contribution >= 4 is 22.6 Å². The summed E-state index contributed by atoms with van der Waals surface area (Å²) in [6.07, 6.45) is 1.04. The number of H-pyrrole nitrogens is 1. The summed E-state index contributed by atoms with van der Waals surface area (Å²) in [6.45, 7) is 0. The van der Waals surface area contributed by atoms with Gasteiger partial charge in [-0.05, 0) is 0 Å². The van der Waals surface area contributed by atoms with Crippen LogP contribution >= 0.6 is 0 Å². The Bertz CT molecular complexity index is 691. The highest BCUT2D eigenvalue weighted by molar-refractivity contribution is 6.02. The molecule has 17 heavy (non-hydrogen) atoms. The van der Waals surface area contributed by atoms with Gasteiger partial charge < -0.3 is 10.1 Å². The van der Waals surface area contributed by atoms with Crippen LogP contribution < -0.4 is 5.56 Å². The first-order valence-corrected chi connectivity index (χ1v) is 4.40.